The van der Waals surface area contributed by atoms with Crippen molar-refractivity contribution in [3.63, 3.8) is 0 Å². The maximum Gasteiger partial charge on any atom is 0.160 e. The zero-order valence-electron chi connectivity index (χ0n) is 30.4. The van der Waals surface area contributed by atoms with Crippen LogP contribution in [0.2, 0.25) is 0 Å². The molecule has 11 rings (SSSR count). The molecule has 0 aliphatic heterocycles. The molecule has 0 saturated carbocycles. The number of aromatic nitrogens is 2. The largest absolute Gasteiger partial charge is 0.228 e. The summed E-state index contributed by atoms with van der Waals surface area (Å²) in [4.78, 5) is 10.5. The molecule has 0 spiro atoms. The highest BCUT2D eigenvalue weighted by Crippen LogP contribution is 2.41. The van der Waals surface area contributed by atoms with Crippen molar-refractivity contribution in [2.75, 3.05) is 0 Å². The van der Waals surface area contributed by atoms with Gasteiger partial charge in [-0.2, -0.15) is 0 Å². The Bertz CT molecular complexity index is 3050. The van der Waals surface area contributed by atoms with Crippen LogP contribution in [0.15, 0.2) is 182 Å². The van der Waals surface area contributed by atoms with Crippen LogP contribution in [0.5, 0.6) is 0 Å². The number of thiophene rings is 2. The summed E-state index contributed by atoms with van der Waals surface area (Å²) in [7, 11) is 0. The van der Waals surface area contributed by atoms with Gasteiger partial charge in [-0.25, -0.2) is 9.97 Å². The van der Waals surface area contributed by atoms with E-state index in [4.69, 9.17) is 9.97 Å². The molecule has 0 bridgehead atoms. The van der Waals surface area contributed by atoms with Gasteiger partial charge in [-0.1, -0.05) is 121 Å². The molecule has 56 heavy (non-hydrogen) atoms. The molecule has 1 aliphatic rings. The topological polar surface area (TPSA) is 25.8 Å². The number of fused-ring (bicyclic) bond motifs is 6. The van der Waals surface area contributed by atoms with E-state index in [1.807, 2.05) is 22.7 Å². The highest BCUT2D eigenvalue weighted by Gasteiger charge is 2.16. The van der Waals surface area contributed by atoms with Gasteiger partial charge >= 0.3 is 0 Å². The minimum atomic E-state index is 0.755. The van der Waals surface area contributed by atoms with Crippen molar-refractivity contribution < 1.29 is 0 Å². The van der Waals surface area contributed by atoms with Crippen LogP contribution < -0.4 is 0 Å². The van der Waals surface area contributed by atoms with Crippen molar-refractivity contribution in [2.45, 2.75) is 12.8 Å². The fraction of sp³-hybridized carbons (Fsp3) is 0.0385. The predicted molar refractivity (Wildman–Crippen MR) is 241 cm³/mol. The molecular formula is C52H34N2S2. The first-order valence-corrected chi connectivity index (χ1v) is 20.7. The normalized spacial score (nSPS) is 12.9. The van der Waals surface area contributed by atoms with E-state index in [0.29, 0.717) is 0 Å². The third kappa shape index (κ3) is 5.95. The maximum atomic E-state index is 5.33. The van der Waals surface area contributed by atoms with Gasteiger partial charge in [0.2, 0.25) is 0 Å². The highest BCUT2D eigenvalue weighted by molar-refractivity contribution is 7.26. The zero-order valence-corrected chi connectivity index (χ0v) is 32.1. The van der Waals surface area contributed by atoms with E-state index >= 15 is 0 Å². The molecule has 264 valence electrons. The second-order valence-electron chi connectivity index (χ2n) is 14.5. The van der Waals surface area contributed by atoms with Gasteiger partial charge in [0.15, 0.2) is 5.82 Å². The lowest BCUT2D eigenvalue weighted by Gasteiger charge is -2.14. The molecule has 3 heterocycles. The van der Waals surface area contributed by atoms with Crippen LogP contribution in [-0.2, 0) is 0 Å². The average Bonchev–Trinajstić information content (AvgIpc) is 3.84. The molecule has 1 aliphatic carbocycles. The summed E-state index contributed by atoms with van der Waals surface area (Å²) in [5.41, 5.74) is 12.1. The number of nitrogens with zero attached hydrogens (tertiary/aromatic N) is 2. The minimum Gasteiger partial charge on any atom is -0.228 e. The van der Waals surface area contributed by atoms with Gasteiger partial charge in [-0.05, 0) is 107 Å². The lowest BCUT2D eigenvalue weighted by atomic mass is 9.93. The molecule has 0 fully saturated rings. The molecular weight excluding hydrogens is 717 g/mol. The number of rotatable bonds is 6. The van der Waals surface area contributed by atoms with Gasteiger partial charge in [0.05, 0.1) is 11.4 Å². The Balaban J connectivity index is 1.11. The van der Waals surface area contributed by atoms with E-state index < -0.39 is 0 Å². The van der Waals surface area contributed by atoms with E-state index in [1.165, 1.54) is 62.6 Å². The van der Waals surface area contributed by atoms with Gasteiger partial charge in [0.1, 0.15) is 0 Å². The van der Waals surface area contributed by atoms with Gasteiger partial charge in [-0.3, -0.25) is 0 Å². The van der Waals surface area contributed by atoms with E-state index in [-0.39, 0.29) is 0 Å². The molecule has 0 saturated heterocycles. The molecule has 7 aromatic carbocycles. The van der Waals surface area contributed by atoms with Gasteiger partial charge in [0, 0.05) is 57.0 Å². The number of allylic oxidation sites excluding steroid dienone is 4. The van der Waals surface area contributed by atoms with Crippen LogP contribution in [0.3, 0.4) is 0 Å². The first kappa shape index (κ1) is 32.9. The van der Waals surface area contributed by atoms with Gasteiger partial charge < -0.3 is 0 Å². The molecule has 0 N–H and O–H groups in total. The van der Waals surface area contributed by atoms with Crippen molar-refractivity contribution in [1.82, 2.24) is 9.97 Å². The van der Waals surface area contributed by atoms with Crippen LogP contribution in [0.1, 0.15) is 18.7 Å². The van der Waals surface area contributed by atoms with Crippen LogP contribution >= 0.6 is 22.7 Å². The van der Waals surface area contributed by atoms with Crippen molar-refractivity contribution in [2.24, 2.45) is 0 Å². The SMILES string of the molecule is C1=CC(c2nc(-c3ccc(-c4ccccc4)cc3)cc(-c3cc(-c4ccc5sc6ccccc6c5c4)cc(-c4ccc5sc6ccccc6c5c4)c3)n2)=CCC1. The van der Waals surface area contributed by atoms with Crippen LogP contribution in [-0.4, -0.2) is 9.97 Å². The number of benzene rings is 7. The summed E-state index contributed by atoms with van der Waals surface area (Å²) < 4.78 is 5.24. The van der Waals surface area contributed by atoms with Gasteiger partial charge in [-0.15, -0.1) is 22.7 Å². The van der Waals surface area contributed by atoms with Crippen LogP contribution in [0.25, 0.3) is 102 Å². The van der Waals surface area contributed by atoms with Crippen LogP contribution in [0, 0.1) is 0 Å². The van der Waals surface area contributed by atoms with E-state index in [0.717, 1.165) is 57.9 Å². The Morgan fingerprint density at radius 1 is 0.357 bits per heavy atom. The van der Waals surface area contributed by atoms with Crippen molar-refractivity contribution in [1.29, 1.82) is 0 Å². The van der Waals surface area contributed by atoms with Crippen LogP contribution in [0.4, 0.5) is 0 Å². The Labute approximate surface area is 333 Å². The standard InChI is InChI=1S/C52H34N2S2/c1-3-11-33(12-4-1)34-19-21-35(22-20-34)46-32-47(54-52(53-46)36-13-5-2-6-14-36)41-28-39(37-23-25-50-44(30-37)42-15-7-9-17-48(42)55-50)27-40(29-41)38-24-26-51-45(31-38)43-16-8-10-18-49(43)56-51/h1,3-5,7-32H,2,6H2. The highest BCUT2D eigenvalue weighted by atomic mass is 32.1. The lowest BCUT2D eigenvalue weighted by Crippen LogP contribution is -2.00. The summed E-state index contributed by atoms with van der Waals surface area (Å²) in [6.07, 6.45) is 8.69. The monoisotopic (exact) mass is 750 g/mol. The smallest absolute Gasteiger partial charge is 0.160 e. The molecule has 0 atom stereocenters. The Hall–Kier alpha value is -6.46. The van der Waals surface area contributed by atoms with Crippen molar-refractivity contribution in [3.05, 3.63) is 188 Å². The number of hydrogen-bond acceptors (Lipinski definition) is 4. The summed E-state index contributed by atoms with van der Waals surface area (Å²) in [6, 6.07) is 59.8. The lowest BCUT2D eigenvalue weighted by molar-refractivity contribution is 1.03. The summed E-state index contributed by atoms with van der Waals surface area (Å²) >= 11 is 3.71. The Morgan fingerprint density at radius 3 is 1.46 bits per heavy atom. The van der Waals surface area contributed by atoms with E-state index in [2.05, 4.69) is 182 Å². The summed E-state index contributed by atoms with van der Waals surface area (Å²) in [5, 5.41) is 5.20. The molecule has 0 radical (unpaired) electrons. The third-order valence-corrected chi connectivity index (χ3v) is 13.2. The van der Waals surface area contributed by atoms with Crippen molar-refractivity contribution in [3.8, 4) is 55.9 Å². The Kier molecular flexibility index (Phi) is 8.05. The van der Waals surface area contributed by atoms with Gasteiger partial charge in [0.25, 0.3) is 0 Å². The third-order valence-electron chi connectivity index (χ3n) is 10.9. The fourth-order valence-electron chi connectivity index (χ4n) is 8.04. The Morgan fingerprint density at radius 2 is 0.857 bits per heavy atom. The molecule has 0 unspecified atom stereocenters. The molecule has 0 amide bonds. The molecule has 10 aromatic rings. The van der Waals surface area contributed by atoms with E-state index in [9.17, 15) is 0 Å². The molecule has 2 nitrogen and oxygen atoms in total. The zero-order chi connectivity index (χ0) is 37.0. The molecule has 3 aromatic heterocycles. The average molecular weight is 751 g/mol. The van der Waals surface area contributed by atoms with Crippen molar-refractivity contribution >= 4 is 68.6 Å². The quantitative estimate of drug-likeness (QED) is 0.169. The summed E-state index contributed by atoms with van der Waals surface area (Å²) in [6.45, 7) is 0. The fourth-order valence-corrected chi connectivity index (χ4v) is 10.2. The first-order chi connectivity index (χ1) is 27.7. The second kappa shape index (κ2) is 13.7. The predicted octanol–water partition coefficient (Wildman–Crippen LogP) is 15.3. The second-order valence-corrected chi connectivity index (χ2v) is 16.6. The summed E-state index contributed by atoms with van der Waals surface area (Å²) in [5.74, 6) is 0.755. The number of hydrogen-bond donors (Lipinski definition) is 0. The maximum absolute atomic E-state index is 5.33. The first-order valence-electron chi connectivity index (χ1n) is 19.1. The van der Waals surface area contributed by atoms with E-state index in [1.54, 1.807) is 0 Å². The molecule has 4 heteroatoms. The minimum absolute atomic E-state index is 0.755.